The van der Waals surface area contributed by atoms with E-state index in [1.54, 1.807) is 0 Å². The highest BCUT2D eigenvalue weighted by Crippen LogP contribution is 2.29. The Labute approximate surface area is 105 Å². The smallest absolute Gasteiger partial charge is 0.105 e. The van der Waals surface area contributed by atoms with Gasteiger partial charge in [0, 0.05) is 0 Å². The van der Waals surface area contributed by atoms with E-state index in [9.17, 15) is 0 Å². The fourth-order valence-electron chi connectivity index (χ4n) is 1.89. The average molecular weight is 242 g/mol. The average Bonchev–Trinajstić information content (AvgIpc) is 2.24. The summed E-state index contributed by atoms with van der Waals surface area (Å²) < 4.78 is 6.20. The van der Waals surface area contributed by atoms with Gasteiger partial charge in [0.2, 0.25) is 0 Å². The number of ether oxygens (including phenoxy) is 1. The van der Waals surface area contributed by atoms with Gasteiger partial charge in [-0.1, -0.05) is 39.8 Å². The third kappa shape index (κ3) is 4.14. The first-order valence-electron chi connectivity index (χ1n) is 6.46. The van der Waals surface area contributed by atoms with Crippen molar-refractivity contribution in [3.63, 3.8) is 0 Å². The van der Waals surface area contributed by atoms with Crippen LogP contribution in [-0.4, -0.2) is 17.3 Å². The maximum atomic E-state index is 6.20. The van der Waals surface area contributed by atoms with Gasteiger partial charge in [-0.2, -0.15) is 0 Å². The summed E-state index contributed by atoms with van der Waals surface area (Å²) in [5, 5.41) is 0. The Morgan fingerprint density at radius 2 is 1.94 bits per heavy atom. The van der Waals surface area contributed by atoms with Gasteiger partial charge in [0.15, 0.2) is 0 Å². The molecular formula is C14H26OS. The molecule has 16 heavy (non-hydrogen) atoms. The molecule has 2 heteroatoms. The molecule has 1 heterocycles. The van der Waals surface area contributed by atoms with Crippen LogP contribution in [0.5, 0.6) is 0 Å². The highest BCUT2D eigenvalue weighted by molar-refractivity contribution is 7.99. The van der Waals surface area contributed by atoms with Crippen LogP contribution in [0.1, 0.15) is 41.0 Å². The second kappa shape index (κ2) is 6.70. The molecule has 0 saturated carbocycles. The molecule has 0 bridgehead atoms. The van der Waals surface area contributed by atoms with E-state index in [0.29, 0.717) is 29.3 Å². The second-order valence-corrected chi connectivity index (χ2v) is 6.47. The molecule has 94 valence electrons. The molecule has 4 atom stereocenters. The van der Waals surface area contributed by atoms with Crippen molar-refractivity contribution in [1.29, 1.82) is 0 Å². The van der Waals surface area contributed by atoms with E-state index in [1.165, 1.54) is 12.2 Å². The van der Waals surface area contributed by atoms with Crippen LogP contribution in [-0.2, 0) is 4.74 Å². The zero-order valence-corrected chi connectivity index (χ0v) is 12.1. The maximum Gasteiger partial charge on any atom is 0.105 e. The monoisotopic (exact) mass is 242 g/mol. The second-order valence-electron chi connectivity index (χ2n) is 5.26. The van der Waals surface area contributed by atoms with Gasteiger partial charge in [0.25, 0.3) is 0 Å². The summed E-state index contributed by atoms with van der Waals surface area (Å²) >= 11 is 1.96. The lowest BCUT2D eigenvalue weighted by Crippen LogP contribution is -2.30. The summed E-state index contributed by atoms with van der Waals surface area (Å²) in [5.74, 6) is 2.98. The van der Waals surface area contributed by atoms with Crippen molar-refractivity contribution in [2.75, 3.05) is 5.75 Å². The van der Waals surface area contributed by atoms with Crippen LogP contribution in [0.25, 0.3) is 0 Å². The summed E-state index contributed by atoms with van der Waals surface area (Å²) in [4.78, 5) is 0. The van der Waals surface area contributed by atoms with Gasteiger partial charge in [-0.05, 0) is 36.9 Å². The zero-order valence-electron chi connectivity index (χ0n) is 11.3. The summed E-state index contributed by atoms with van der Waals surface area (Å²) in [5.41, 5.74) is 0.358. The van der Waals surface area contributed by atoms with Crippen LogP contribution in [0, 0.1) is 17.8 Å². The first kappa shape index (κ1) is 14.1. The molecule has 0 saturated heterocycles. The van der Waals surface area contributed by atoms with Crippen molar-refractivity contribution in [3.8, 4) is 0 Å². The predicted octanol–water partition coefficient (Wildman–Crippen LogP) is 4.34. The zero-order chi connectivity index (χ0) is 12.1. The Morgan fingerprint density at radius 3 is 2.56 bits per heavy atom. The highest BCUT2D eigenvalue weighted by atomic mass is 32.2. The van der Waals surface area contributed by atoms with E-state index in [0.717, 1.165) is 0 Å². The van der Waals surface area contributed by atoms with Gasteiger partial charge < -0.3 is 4.74 Å². The van der Waals surface area contributed by atoms with Crippen LogP contribution in [0.3, 0.4) is 0 Å². The molecule has 0 spiro atoms. The first-order chi connectivity index (χ1) is 7.52. The normalized spacial score (nSPS) is 39.6. The fourth-order valence-corrected chi connectivity index (χ4v) is 3.03. The molecule has 0 aliphatic carbocycles. The molecule has 0 aromatic rings. The number of hydrogen-bond acceptors (Lipinski definition) is 2. The third-order valence-electron chi connectivity index (χ3n) is 3.47. The molecule has 0 fully saturated rings. The molecule has 0 radical (unpaired) electrons. The third-order valence-corrected chi connectivity index (χ3v) is 4.92. The molecular weight excluding hydrogens is 216 g/mol. The lowest BCUT2D eigenvalue weighted by Gasteiger charge is -2.31. The molecule has 1 rings (SSSR count). The molecule has 0 aromatic heterocycles. The van der Waals surface area contributed by atoms with Gasteiger partial charge in [-0.25, -0.2) is 0 Å². The van der Waals surface area contributed by atoms with Crippen molar-refractivity contribution in [3.05, 3.63) is 12.2 Å². The van der Waals surface area contributed by atoms with E-state index >= 15 is 0 Å². The fraction of sp³-hybridized carbons (Fsp3) is 0.857. The maximum absolute atomic E-state index is 6.20. The van der Waals surface area contributed by atoms with Crippen LogP contribution < -0.4 is 0 Å². The van der Waals surface area contributed by atoms with E-state index in [-0.39, 0.29) is 0 Å². The molecule has 0 amide bonds. The summed E-state index contributed by atoms with van der Waals surface area (Å²) in [6.45, 7) is 11.3. The van der Waals surface area contributed by atoms with Crippen molar-refractivity contribution < 1.29 is 4.74 Å². The number of rotatable bonds is 1. The minimum absolute atomic E-state index is 0.345. The van der Waals surface area contributed by atoms with Gasteiger partial charge in [-0.3, -0.25) is 0 Å². The number of thioether (sulfide) groups is 1. The molecule has 0 N–H and O–H groups in total. The molecule has 1 aliphatic rings. The molecule has 1 nitrogen and oxygen atoms in total. The summed E-state index contributed by atoms with van der Waals surface area (Å²) in [6.07, 6.45) is 6.20. The topological polar surface area (TPSA) is 9.23 Å². The van der Waals surface area contributed by atoms with E-state index in [4.69, 9.17) is 4.74 Å². The Morgan fingerprint density at radius 1 is 1.25 bits per heavy atom. The van der Waals surface area contributed by atoms with Crippen molar-refractivity contribution in [2.24, 2.45) is 17.8 Å². The van der Waals surface area contributed by atoms with Gasteiger partial charge in [-0.15, -0.1) is 11.8 Å². The number of hydrogen-bond donors (Lipinski definition) is 0. The van der Waals surface area contributed by atoms with Crippen molar-refractivity contribution in [1.82, 2.24) is 0 Å². The Bertz CT molecular complexity index is 225. The van der Waals surface area contributed by atoms with Crippen LogP contribution in [0.15, 0.2) is 12.2 Å². The minimum Gasteiger partial charge on any atom is -0.364 e. The summed E-state index contributed by atoms with van der Waals surface area (Å²) in [7, 11) is 0. The molecule has 1 aliphatic heterocycles. The number of allylic oxidation sites excluding steroid dienone is 2. The van der Waals surface area contributed by atoms with Gasteiger partial charge in [0.05, 0.1) is 6.10 Å². The lowest BCUT2D eigenvalue weighted by molar-refractivity contribution is -0.0128. The molecule has 4 unspecified atom stereocenters. The van der Waals surface area contributed by atoms with Gasteiger partial charge >= 0.3 is 0 Å². The minimum atomic E-state index is 0.345. The van der Waals surface area contributed by atoms with Crippen LogP contribution in [0.4, 0.5) is 0 Å². The van der Waals surface area contributed by atoms with Gasteiger partial charge in [0.1, 0.15) is 5.44 Å². The molecule has 0 aromatic carbocycles. The largest absolute Gasteiger partial charge is 0.364 e. The highest BCUT2D eigenvalue weighted by Gasteiger charge is 2.24. The Hall–Kier alpha value is 0.0500. The van der Waals surface area contributed by atoms with E-state index < -0.39 is 0 Å². The first-order valence-corrected chi connectivity index (χ1v) is 7.51. The Kier molecular flexibility index (Phi) is 5.91. The summed E-state index contributed by atoms with van der Waals surface area (Å²) in [6, 6.07) is 0. The van der Waals surface area contributed by atoms with Crippen molar-refractivity contribution >= 4 is 11.8 Å². The lowest BCUT2D eigenvalue weighted by atomic mass is 9.91. The van der Waals surface area contributed by atoms with Crippen LogP contribution >= 0.6 is 11.8 Å². The quantitative estimate of drug-likeness (QED) is 0.633. The van der Waals surface area contributed by atoms with E-state index in [2.05, 4.69) is 46.8 Å². The predicted molar refractivity (Wildman–Crippen MR) is 73.7 cm³/mol. The SMILES string of the molecule is CC(C)C1OC(C)C(C)C(C)/C=C\CCS1. The van der Waals surface area contributed by atoms with Crippen LogP contribution in [0.2, 0.25) is 0 Å². The van der Waals surface area contributed by atoms with E-state index in [1.807, 2.05) is 11.8 Å². The van der Waals surface area contributed by atoms with Crippen molar-refractivity contribution in [2.45, 2.75) is 52.6 Å². The standard InChI is InChI=1S/C14H26OS/c1-10(2)14-15-13(5)12(4)11(3)8-6-7-9-16-14/h6,8,10-14H,7,9H2,1-5H3/b8-6-. The Balaban J connectivity index is 2.69.